The van der Waals surface area contributed by atoms with E-state index < -0.39 is 0 Å². The van der Waals surface area contributed by atoms with Crippen LogP contribution in [0.3, 0.4) is 0 Å². The molecular weight excluding hydrogens is 430 g/mol. The summed E-state index contributed by atoms with van der Waals surface area (Å²) in [5.74, 6) is 0.736. The van der Waals surface area contributed by atoms with E-state index in [0.29, 0.717) is 10.8 Å². The molecule has 0 spiro atoms. The van der Waals surface area contributed by atoms with Gasteiger partial charge in [0.1, 0.15) is 0 Å². The molecule has 0 amide bonds. The monoisotopic (exact) mass is 434 g/mol. The van der Waals surface area contributed by atoms with Gasteiger partial charge in [0.15, 0.2) is 16.6 Å². The molecule has 0 saturated heterocycles. The predicted octanol–water partition coefficient (Wildman–Crippen LogP) is 3.81. The van der Waals surface area contributed by atoms with Crippen LogP contribution in [0.15, 0.2) is 35.1 Å². The maximum Gasteiger partial charge on any atom is 0.198 e. The van der Waals surface area contributed by atoms with E-state index in [-0.39, 0.29) is 0 Å². The number of halogens is 3. The smallest absolute Gasteiger partial charge is 0.198 e. The molecule has 0 aliphatic heterocycles. The third kappa shape index (κ3) is 2.02. The Kier molecular flexibility index (Phi) is 3.25. The lowest BCUT2D eigenvalue weighted by Crippen LogP contribution is -1.92. The second kappa shape index (κ2) is 4.75. The third-order valence-electron chi connectivity index (χ3n) is 2.45. The van der Waals surface area contributed by atoms with E-state index in [9.17, 15) is 0 Å². The van der Waals surface area contributed by atoms with E-state index in [1.54, 1.807) is 12.4 Å². The molecule has 18 heavy (non-hydrogen) atoms. The summed E-state index contributed by atoms with van der Waals surface area (Å²) < 4.78 is 3.92. The van der Waals surface area contributed by atoms with Crippen LogP contribution in [-0.4, -0.2) is 19.6 Å². The number of hydrogen-bond acceptors (Lipinski definition) is 3. The minimum Gasteiger partial charge on any atom is -0.278 e. The van der Waals surface area contributed by atoms with Gasteiger partial charge in [-0.25, -0.2) is 4.98 Å². The highest BCUT2D eigenvalue weighted by atomic mass is 127. The van der Waals surface area contributed by atoms with Crippen molar-refractivity contribution in [2.75, 3.05) is 0 Å². The summed E-state index contributed by atoms with van der Waals surface area (Å²) in [7, 11) is 0. The van der Waals surface area contributed by atoms with Crippen LogP contribution in [0.5, 0.6) is 0 Å². The first-order chi connectivity index (χ1) is 8.66. The Hall–Kier alpha value is -0.730. The van der Waals surface area contributed by atoms with E-state index in [1.807, 2.05) is 22.6 Å². The fourth-order valence-electron chi connectivity index (χ4n) is 1.65. The quantitative estimate of drug-likeness (QED) is 0.546. The molecule has 0 N–H and O–H groups in total. The molecule has 7 heteroatoms. The Bertz CT molecular complexity index is 743. The molecule has 3 aromatic rings. The molecule has 0 unspecified atom stereocenters. The fourth-order valence-corrected chi connectivity index (χ4v) is 2.75. The van der Waals surface area contributed by atoms with Crippen molar-refractivity contribution < 1.29 is 0 Å². The Morgan fingerprint density at radius 1 is 1.28 bits per heavy atom. The third-order valence-corrected chi connectivity index (χ3v) is 4.08. The summed E-state index contributed by atoms with van der Waals surface area (Å²) in [6, 6.07) is 6.04. The number of nitrogens with zero attached hydrogens (tertiary/aromatic N) is 4. The molecule has 0 fully saturated rings. The molecule has 2 aromatic heterocycles. The van der Waals surface area contributed by atoms with Crippen LogP contribution < -0.4 is 0 Å². The van der Waals surface area contributed by atoms with Gasteiger partial charge >= 0.3 is 0 Å². The van der Waals surface area contributed by atoms with Crippen molar-refractivity contribution in [2.45, 2.75) is 0 Å². The molecule has 1 aromatic carbocycles. The SMILES string of the molecule is Clc1nccn2c(-c3cc(I)ccc3Br)nnc12. The molecule has 3 rings (SSSR count). The van der Waals surface area contributed by atoms with Crippen molar-refractivity contribution >= 4 is 55.8 Å². The van der Waals surface area contributed by atoms with Gasteiger partial charge in [0.2, 0.25) is 0 Å². The van der Waals surface area contributed by atoms with Crippen molar-refractivity contribution in [3.63, 3.8) is 0 Å². The molecule has 0 saturated carbocycles. The maximum absolute atomic E-state index is 5.98. The van der Waals surface area contributed by atoms with Crippen molar-refractivity contribution in [2.24, 2.45) is 0 Å². The van der Waals surface area contributed by atoms with Gasteiger partial charge in [0.05, 0.1) is 0 Å². The first-order valence-corrected chi connectivity index (χ1v) is 7.22. The molecule has 0 bridgehead atoms. The highest BCUT2D eigenvalue weighted by Crippen LogP contribution is 2.29. The number of fused-ring (bicyclic) bond motifs is 1. The van der Waals surface area contributed by atoms with Crippen LogP contribution in [0.4, 0.5) is 0 Å². The average Bonchev–Trinajstić information content (AvgIpc) is 2.77. The lowest BCUT2D eigenvalue weighted by atomic mass is 10.2. The molecule has 0 aliphatic rings. The molecule has 90 valence electrons. The van der Waals surface area contributed by atoms with Gasteiger partial charge in [-0.15, -0.1) is 10.2 Å². The van der Waals surface area contributed by atoms with E-state index in [0.717, 1.165) is 19.4 Å². The van der Waals surface area contributed by atoms with Gasteiger partial charge in [-0.05, 0) is 40.8 Å². The van der Waals surface area contributed by atoms with Gasteiger partial charge in [-0.1, -0.05) is 27.5 Å². The molecule has 0 radical (unpaired) electrons. The number of benzene rings is 1. The second-order valence-electron chi connectivity index (χ2n) is 3.56. The summed E-state index contributed by atoms with van der Waals surface area (Å²) in [6.07, 6.45) is 3.42. The van der Waals surface area contributed by atoms with E-state index in [1.165, 1.54) is 0 Å². The fraction of sp³-hybridized carbons (Fsp3) is 0. The van der Waals surface area contributed by atoms with E-state index in [4.69, 9.17) is 11.6 Å². The number of hydrogen-bond donors (Lipinski definition) is 0. The Morgan fingerprint density at radius 3 is 2.94 bits per heavy atom. The Labute approximate surface area is 130 Å². The minimum absolute atomic E-state index is 0.345. The molecule has 0 aliphatic carbocycles. The van der Waals surface area contributed by atoms with Crippen LogP contribution in [0.2, 0.25) is 5.15 Å². The summed E-state index contributed by atoms with van der Waals surface area (Å²) in [6.45, 7) is 0. The lowest BCUT2D eigenvalue weighted by Gasteiger charge is -2.03. The van der Waals surface area contributed by atoms with Crippen LogP contribution in [0.25, 0.3) is 17.0 Å². The molecular formula is C11H5BrClIN4. The standard InChI is InChI=1S/C11H5BrClIN4/c12-8-2-1-6(14)5-7(8)10-16-17-11-9(13)15-3-4-18(10)11/h1-5H. The Morgan fingerprint density at radius 2 is 2.11 bits per heavy atom. The highest BCUT2D eigenvalue weighted by Gasteiger charge is 2.13. The minimum atomic E-state index is 0.345. The lowest BCUT2D eigenvalue weighted by molar-refractivity contribution is 1.11. The van der Waals surface area contributed by atoms with Crippen molar-refractivity contribution in [1.29, 1.82) is 0 Å². The first kappa shape index (κ1) is 12.3. The van der Waals surface area contributed by atoms with Crippen LogP contribution in [-0.2, 0) is 0 Å². The summed E-state index contributed by atoms with van der Waals surface area (Å²) >= 11 is 11.8. The molecule has 4 nitrogen and oxygen atoms in total. The maximum atomic E-state index is 5.98. The van der Waals surface area contributed by atoms with Crippen LogP contribution >= 0.6 is 50.1 Å². The zero-order chi connectivity index (χ0) is 12.7. The van der Waals surface area contributed by atoms with Gasteiger partial charge in [0, 0.05) is 26.0 Å². The number of rotatable bonds is 1. The van der Waals surface area contributed by atoms with Crippen LogP contribution in [0.1, 0.15) is 0 Å². The predicted molar refractivity (Wildman–Crippen MR) is 81.6 cm³/mol. The van der Waals surface area contributed by atoms with Crippen molar-refractivity contribution in [1.82, 2.24) is 19.6 Å². The topological polar surface area (TPSA) is 43.1 Å². The molecule has 0 atom stereocenters. The summed E-state index contributed by atoms with van der Waals surface area (Å²) in [5.41, 5.74) is 1.52. The van der Waals surface area contributed by atoms with Crippen molar-refractivity contribution in [3.8, 4) is 11.4 Å². The van der Waals surface area contributed by atoms with Gasteiger partial charge in [-0.3, -0.25) is 4.40 Å². The highest BCUT2D eigenvalue weighted by molar-refractivity contribution is 14.1. The van der Waals surface area contributed by atoms with Gasteiger partial charge in [0.25, 0.3) is 0 Å². The normalized spacial score (nSPS) is 11.1. The first-order valence-electron chi connectivity index (χ1n) is 4.97. The molecule has 2 heterocycles. The summed E-state index contributed by atoms with van der Waals surface area (Å²) in [5, 5.41) is 8.59. The zero-order valence-electron chi connectivity index (χ0n) is 8.81. The van der Waals surface area contributed by atoms with Gasteiger partial charge < -0.3 is 0 Å². The Balaban J connectivity index is 2.32. The average molecular weight is 435 g/mol. The second-order valence-corrected chi connectivity index (χ2v) is 6.02. The van der Waals surface area contributed by atoms with E-state index in [2.05, 4.69) is 53.7 Å². The largest absolute Gasteiger partial charge is 0.278 e. The number of aromatic nitrogens is 4. The van der Waals surface area contributed by atoms with Gasteiger partial charge in [-0.2, -0.15) is 0 Å². The van der Waals surface area contributed by atoms with Crippen molar-refractivity contribution in [3.05, 3.63) is 43.8 Å². The zero-order valence-corrected chi connectivity index (χ0v) is 13.3. The van der Waals surface area contributed by atoms with E-state index >= 15 is 0 Å². The summed E-state index contributed by atoms with van der Waals surface area (Å²) in [4.78, 5) is 3.98. The van der Waals surface area contributed by atoms with Crippen LogP contribution in [0, 0.1) is 3.57 Å².